The predicted molar refractivity (Wildman–Crippen MR) is 83.4 cm³/mol. The molecule has 1 heterocycles. The van der Waals surface area contributed by atoms with Crippen molar-refractivity contribution in [1.82, 2.24) is 10.2 Å². The lowest BCUT2D eigenvalue weighted by molar-refractivity contribution is 0.962. The van der Waals surface area contributed by atoms with Gasteiger partial charge in [-0.2, -0.15) is 5.10 Å². The molecule has 3 rings (SSSR count). The topological polar surface area (TPSA) is 45.8 Å². The zero-order valence-corrected chi connectivity index (χ0v) is 12.0. The lowest BCUT2D eigenvalue weighted by atomic mass is 10.1. The highest BCUT2D eigenvalue weighted by Gasteiger charge is 2.06. The summed E-state index contributed by atoms with van der Waals surface area (Å²) in [7, 11) is 0. The van der Waals surface area contributed by atoms with Crippen LogP contribution >= 0.6 is 23.4 Å². The molecule has 1 aromatic heterocycles. The van der Waals surface area contributed by atoms with Crippen LogP contribution in [0.15, 0.2) is 58.2 Å². The van der Waals surface area contributed by atoms with Gasteiger partial charge in [-0.3, -0.25) is 4.79 Å². The number of rotatable bonds is 3. The summed E-state index contributed by atoms with van der Waals surface area (Å²) in [6, 6.07) is 15.2. The number of aromatic nitrogens is 2. The minimum atomic E-state index is -0.152. The Morgan fingerprint density at radius 2 is 1.75 bits per heavy atom. The van der Waals surface area contributed by atoms with Gasteiger partial charge in [-0.05, 0) is 30.3 Å². The fourth-order valence-corrected chi connectivity index (χ4v) is 2.94. The molecule has 3 aromatic rings. The lowest BCUT2D eigenvalue weighted by Crippen LogP contribution is -2.10. The lowest BCUT2D eigenvalue weighted by Gasteiger charge is -2.05. The third-order valence-electron chi connectivity index (χ3n) is 2.96. The fraction of sp³-hybridized carbons (Fsp3) is 0.0667. The van der Waals surface area contributed by atoms with E-state index in [1.165, 1.54) is 0 Å². The molecule has 0 aliphatic heterocycles. The highest BCUT2D eigenvalue weighted by atomic mass is 35.5. The van der Waals surface area contributed by atoms with Gasteiger partial charge in [0.25, 0.3) is 5.56 Å². The van der Waals surface area contributed by atoms with Crippen LogP contribution in [0.4, 0.5) is 0 Å². The Labute approximate surface area is 125 Å². The molecule has 20 heavy (non-hydrogen) atoms. The van der Waals surface area contributed by atoms with Gasteiger partial charge < -0.3 is 0 Å². The Hall–Kier alpha value is -1.78. The molecule has 1 N–H and O–H groups in total. The van der Waals surface area contributed by atoms with Crippen LogP contribution in [-0.4, -0.2) is 10.2 Å². The highest BCUT2D eigenvalue weighted by molar-refractivity contribution is 7.98. The maximum Gasteiger partial charge on any atom is 0.272 e. The van der Waals surface area contributed by atoms with Crippen LogP contribution in [0.3, 0.4) is 0 Å². The summed E-state index contributed by atoms with van der Waals surface area (Å²) in [5.74, 6) is 0.693. The summed E-state index contributed by atoms with van der Waals surface area (Å²) in [5, 5.41) is 9.00. The van der Waals surface area contributed by atoms with Crippen molar-refractivity contribution < 1.29 is 0 Å². The Bertz CT molecular complexity index is 799. The maximum atomic E-state index is 11.7. The van der Waals surface area contributed by atoms with Gasteiger partial charge in [-0.1, -0.05) is 29.8 Å². The molecule has 0 saturated carbocycles. The monoisotopic (exact) mass is 302 g/mol. The van der Waals surface area contributed by atoms with E-state index in [4.69, 9.17) is 11.6 Å². The van der Waals surface area contributed by atoms with E-state index in [2.05, 4.69) is 10.2 Å². The second kappa shape index (κ2) is 5.69. The summed E-state index contributed by atoms with van der Waals surface area (Å²) < 4.78 is 0. The van der Waals surface area contributed by atoms with Gasteiger partial charge in [0, 0.05) is 21.1 Å². The fourth-order valence-electron chi connectivity index (χ4n) is 1.96. The number of hydrogen-bond donors (Lipinski definition) is 1. The number of aromatic amines is 1. The van der Waals surface area contributed by atoms with E-state index in [0.29, 0.717) is 11.1 Å². The van der Waals surface area contributed by atoms with Crippen LogP contribution in [0.25, 0.3) is 10.8 Å². The number of fused-ring (bicyclic) bond motifs is 1. The third kappa shape index (κ3) is 2.71. The summed E-state index contributed by atoms with van der Waals surface area (Å²) >= 11 is 7.52. The average Bonchev–Trinajstić information content (AvgIpc) is 2.49. The zero-order chi connectivity index (χ0) is 13.9. The Morgan fingerprint density at radius 1 is 1.05 bits per heavy atom. The molecule has 0 aliphatic rings. The molecular formula is C15H11ClN2OS. The second-order valence-electron chi connectivity index (χ2n) is 4.29. The number of H-pyrrole nitrogens is 1. The first-order valence-corrected chi connectivity index (χ1v) is 7.45. The van der Waals surface area contributed by atoms with Gasteiger partial charge in [-0.25, -0.2) is 5.10 Å². The van der Waals surface area contributed by atoms with E-state index in [-0.39, 0.29) is 5.56 Å². The van der Waals surface area contributed by atoms with E-state index in [0.717, 1.165) is 21.0 Å². The largest absolute Gasteiger partial charge is 0.272 e. The van der Waals surface area contributed by atoms with E-state index in [1.54, 1.807) is 11.8 Å². The molecule has 0 fully saturated rings. The van der Waals surface area contributed by atoms with Crippen molar-refractivity contribution in [3.8, 4) is 0 Å². The minimum absolute atomic E-state index is 0.152. The Balaban J connectivity index is 1.90. The average molecular weight is 303 g/mol. The van der Waals surface area contributed by atoms with Crippen molar-refractivity contribution in [2.45, 2.75) is 10.6 Å². The van der Waals surface area contributed by atoms with Crippen molar-refractivity contribution in [3.05, 3.63) is 69.6 Å². The van der Waals surface area contributed by atoms with Crippen molar-refractivity contribution >= 4 is 34.1 Å². The first-order valence-electron chi connectivity index (χ1n) is 6.09. The van der Waals surface area contributed by atoms with E-state index in [9.17, 15) is 4.79 Å². The molecule has 3 nitrogen and oxygen atoms in total. The molecule has 0 unspecified atom stereocenters. The molecule has 100 valence electrons. The Kier molecular flexibility index (Phi) is 3.76. The molecule has 0 saturated heterocycles. The molecule has 5 heteroatoms. The van der Waals surface area contributed by atoms with Crippen LogP contribution in [0.5, 0.6) is 0 Å². The smallest absolute Gasteiger partial charge is 0.267 e. The standard InChI is InChI=1S/C15H11ClN2OS/c16-10-5-7-11(8-6-10)20-9-14-12-3-1-2-4-13(12)15(19)18-17-14/h1-8H,9H2,(H,18,19). The van der Waals surface area contributed by atoms with Crippen LogP contribution < -0.4 is 5.56 Å². The van der Waals surface area contributed by atoms with Gasteiger partial charge in [0.15, 0.2) is 0 Å². The van der Waals surface area contributed by atoms with Crippen LogP contribution in [0, 0.1) is 0 Å². The van der Waals surface area contributed by atoms with Crippen LogP contribution in [-0.2, 0) is 5.75 Å². The van der Waals surface area contributed by atoms with Crippen molar-refractivity contribution in [2.75, 3.05) is 0 Å². The predicted octanol–water partition coefficient (Wildman–Crippen LogP) is 3.87. The molecule has 0 radical (unpaired) electrons. The molecule has 0 amide bonds. The minimum Gasteiger partial charge on any atom is -0.267 e. The quantitative estimate of drug-likeness (QED) is 0.747. The molecule has 2 aromatic carbocycles. The number of nitrogens with one attached hydrogen (secondary N) is 1. The third-order valence-corrected chi connectivity index (χ3v) is 4.24. The van der Waals surface area contributed by atoms with E-state index in [1.807, 2.05) is 48.5 Å². The van der Waals surface area contributed by atoms with Crippen LogP contribution in [0.2, 0.25) is 5.02 Å². The van der Waals surface area contributed by atoms with Gasteiger partial charge in [-0.15, -0.1) is 11.8 Å². The number of thioether (sulfide) groups is 1. The van der Waals surface area contributed by atoms with Crippen LogP contribution in [0.1, 0.15) is 5.69 Å². The normalized spacial score (nSPS) is 10.8. The molecule has 0 aliphatic carbocycles. The summed E-state index contributed by atoms with van der Waals surface area (Å²) in [4.78, 5) is 12.8. The molecule has 0 spiro atoms. The van der Waals surface area contributed by atoms with Gasteiger partial charge in [0.1, 0.15) is 0 Å². The second-order valence-corrected chi connectivity index (χ2v) is 5.77. The molecule has 0 bridgehead atoms. The van der Waals surface area contributed by atoms with Gasteiger partial charge >= 0.3 is 0 Å². The number of hydrogen-bond acceptors (Lipinski definition) is 3. The van der Waals surface area contributed by atoms with E-state index < -0.39 is 0 Å². The molecular weight excluding hydrogens is 292 g/mol. The zero-order valence-electron chi connectivity index (χ0n) is 10.5. The maximum absolute atomic E-state index is 11.7. The summed E-state index contributed by atoms with van der Waals surface area (Å²) in [6.07, 6.45) is 0. The number of nitrogens with zero attached hydrogens (tertiary/aromatic N) is 1. The van der Waals surface area contributed by atoms with Crippen molar-refractivity contribution in [1.29, 1.82) is 0 Å². The van der Waals surface area contributed by atoms with Gasteiger partial charge in [0.2, 0.25) is 0 Å². The highest BCUT2D eigenvalue weighted by Crippen LogP contribution is 2.25. The van der Waals surface area contributed by atoms with Gasteiger partial charge in [0.05, 0.1) is 11.1 Å². The van der Waals surface area contributed by atoms with Crippen molar-refractivity contribution in [2.24, 2.45) is 0 Å². The first-order chi connectivity index (χ1) is 9.74. The molecule has 0 atom stereocenters. The van der Waals surface area contributed by atoms with Crippen molar-refractivity contribution in [3.63, 3.8) is 0 Å². The Morgan fingerprint density at radius 3 is 2.50 bits per heavy atom. The number of halogens is 1. The summed E-state index contributed by atoms with van der Waals surface area (Å²) in [5.41, 5.74) is 0.723. The summed E-state index contributed by atoms with van der Waals surface area (Å²) in [6.45, 7) is 0. The van der Waals surface area contributed by atoms with E-state index >= 15 is 0 Å². The first kappa shape index (κ1) is 13.2. The number of benzene rings is 2. The SMILES string of the molecule is O=c1[nH]nc(CSc2ccc(Cl)cc2)c2ccccc12.